The summed E-state index contributed by atoms with van der Waals surface area (Å²) in [7, 11) is 0. The first-order valence-corrected chi connectivity index (χ1v) is 7.70. The van der Waals surface area contributed by atoms with Gasteiger partial charge in [-0.1, -0.05) is 62.9 Å². The molecule has 0 bridgehead atoms. The van der Waals surface area contributed by atoms with Crippen LogP contribution in [0.5, 0.6) is 0 Å². The molecule has 1 aliphatic rings. The Morgan fingerprint density at radius 1 is 1.06 bits per heavy atom. The molecule has 0 amide bonds. The van der Waals surface area contributed by atoms with E-state index in [-0.39, 0.29) is 0 Å². The molecule has 2 rings (SSSR count). The fourth-order valence-electron chi connectivity index (χ4n) is 3.14. The lowest BCUT2D eigenvalue weighted by atomic mass is 9.80. The van der Waals surface area contributed by atoms with Crippen LogP contribution in [0.25, 0.3) is 0 Å². The standard InChI is InChI=1S/C17H27N/c1-2-3-9-14-18-17-13-8-7-12-16(17)15-10-5-4-6-11-15/h4-6,10-11,16-18H,2-3,7-9,12-14H2,1H3. The van der Waals surface area contributed by atoms with E-state index in [1.807, 2.05) is 0 Å². The van der Waals surface area contributed by atoms with Gasteiger partial charge in [0.1, 0.15) is 0 Å². The van der Waals surface area contributed by atoms with E-state index in [1.54, 1.807) is 0 Å². The molecule has 0 heterocycles. The van der Waals surface area contributed by atoms with E-state index in [4.69, 9.17) is 0 Å². The first-order valence-electron chi connectivity index (χ1n) is 7.70. The second-order valence-corrected chi connectivity index (χ2v) is 5.57. The monoisotopic (exact) mass is 245 g/mol. The summed E-state index contributed by atoms with van der Waals surface area (Å²) in [5.74, 6) is 0.738. The Balaban J connectivity index is 1.90. The smallest absolute Gasteiger partial charge is 0.0136 e. The van der Waals surface area contributed by atoms with Crippen molar-refractivity contribution < 1.29 is 0 Å². The maximum atomic E-state index is 3.80. The van der Waals surface area contributed by atoms with Crippen LogP contribution >= 0.6 is 0 Å². The largest absolute Gasteiger partial charge is 0.313 e. The number of hydrogen-bond acceptors (Lipinski definition) is 1. The van der Waals surface area contributed by atoms with E-state index in [2.05, 4.69) is 42.6 Å². The predicted molar refractivity (Wildman–Crippen MR) is 79.0 cm³/mol. The molecule has 0 aliphatic heterocycles. The molecule has 1 nitrogen and oxygen atoms in total. The van der Waals surface area contributed by atoms with E-state index >= 15 is 0 Å². The van der Waals surface area contributed by atoms with Gasteiger partial charge < -0.3 is 5.32 Å². The molecule has 1 aromatic rings. The zero-order chi connectivity index (χ0) is 12.6. The molecule has 0 radical (unpaired) electrons. The molecule has 0 saturated heterocycles. The maximum absolute atomic E-state index is 3.80. The van der Waals surface area contributed by atoms with Gasteiger partial charge in [0.15, 0.2) is 0 Å². The van der Waals surface area contributed by atoms with Gasteiger partial charge in [0.25, 0.3) is 0 Å². The minimum absolute atomic E-state index is 0.706. The summed E-state index contributed by atoms with van der Waals surface area (Å²) in [6, 6.07) is 11.8. The zero-order valence-corrected chi connectivity index (χ0v) is 11.7. The van der Waals surface area contributed by atoms with Crippen molar-refractivity contribution in [1.29, 1.82) is 0 Å². The van der Waals surface area contributed by atoms with E-state index in [9.17, 15) is 0 Å². The molecule has 1 aliphatic carbocycles. The lowest BCUT2D eigenvalue weighted by molar-refractivity contribution is 0.326. The summed E-state index contributed by atoms with van der Waals surface area (Å²) in [5.41, 5.74) is 1.53. The number of nitrogens with one attached hydrogen (secondary N) is 1. The quantitative estimate of drug-likeness (QED) is 0.728. The van der Waals surface area contributed by atoms with Gasteiger partial charge in [-0.15, -0.1) is 0 Å². The third-order valence-corrected chi connectivity index (χ3v) is 4.18. The lowest BCUT2D eigenvalue weighted by Gasteiger charge is -2.33. The summed E-state index contributed by atoms with van der Waals surface area (Å²) in [6.07, 6.45) is 9.50. The molecular weight excluding hydrogens is 218 g/mol. The van der Waals surface area contributed by atoms with Crippen molar-refractivity contribution in [3.05, 3.63) is 35.9 Å². The van der Waals surface area contributed by atoms with Gasteiger partial charge >= 0.3 is 0 Å². The highest BCUT2D eigenvalue weighted by atomic mass is 14.9. The first-order chi connectivity index (χ1) is 8.92. The van der Waals surface area contributed by atoms with Crippen molar-refractivity contribution >= 4 is 0 Å². The molecule has 1 fully saturated rings. The maximum Gasteiger partial charge on any atom is 0.0136 e. The van der Waals surface area contributed by atoms with Crippen LogP contribution in [-0.4, -0.2) is 12.6 Å². The minimum Gasteiger partial charge on any atom is -0.313 e. The summed E-state index contributed by atoms with van der Waals surface area (Å²) in [4.78, 5) is 0. The number of hydrogen-bond donors (Lipinski definition) is 1. The van der Waals surface area contributed by atoms with E-state index in [0.29, 0.717) is 6.04 Å². The second kappa shape index (κ2) is 7.58. The average Bonchev–Trinajstić information content (AvgIpc) is 2.45. The molecule has 0 aromatic heterocycles. The molecule has 1 saturated carbocycles. The molecule has 1 heteroatoms. The highest BCUT2D eigenvalue weighted by molar-refractivity contribution is 5.21. The second-order valence-electron chi connectivity index (χ2n) is 5.57. The Hall–Kier alpha value is -0.820. The highest BCUT2D eigenvalue weighted by Crippen LogP contribution is 2.32. The predicted octanol–water partition coefficient (Wildman–Crippen LogP) is 4.49. The van der Waals surface area contributed by atoms with Gasteiger partial charge in [0.05, 0.1) is 0 Å². The third kappa shape index (κ3) is 3.84. The Bertz CT molecular complexity index is 320. The molecule has 100 valence electrons. The van der Waals surface area contributed by atoms with E-state index in [0.717, 1.165) is 5.92 Å². The van der Waals surface area contributed by atoms with Gasteiger partial charge in [-0.2, -0.15) is 0 Å². The van der Waals surface area contributed by atoms with Crippen molar-refractivity contribution in [2.45, 2.75) is 63.8 Å². The highest BCUT2D eigenvalue weighted by Gasteiger charge is 2.25. The van der Waals surface area contributed by atoms with E-state index in [1.165, 1.54) is 57.1 Å². The zero-order valence-electron chi connectivity index (χ0n) is 11.7. The first kappa shape index (κ1) is 13.6. The third-order valence-electron chi connectivity index (χ3n) is 4.18. The Morgan fingerprint density at radius 2 is 1.83 bits per heavy atom. The summed E-state index contributed by atoms with van der Waals surface area (Å²) in [6.45, 7) is 3.47. The number of benzene rings is 1. The van der Waals surface area contributed by atoms with Crippen LogP contribution in [0.2, 0.25) is 0 Å². The van der Waals surface area contributed by atoms with Crippen LogP contribution in [0.4, 0.5) is 0 Å². The SMILES string of the molecule is CCCCCNC1CCCCC1c1ccccc1. The van der Waals surface area contributed by atoms with Crippen molar-refractivity contribution in [2.75, 3.05) is 6.54 Å². The van der Waals surface area contributed by atoms with Gasteiger partial charge in [0, 0.05) is 6.04 Å². The van der Waals surface area contributed by atoms with Gasteiger partial charge in [-0.05, 0) is 37.3 Å². The van der Waals surface area contributed by atoms with Crippen LogP contribution in [0.15, 0.2) is 30.3 Å². The van der Waals surface area contributed by atoms with Crippen molar-refractivity contribution in [3.63, 3.8) is 0 Å². The summed E-state index contributed by atoms with van der Waals surface area (Å²) >= 11 is 0. The van der Waals surface area contributed by atoms with Crippen molar-refractivity contribution in [1.82, 2.24) is 5.32 Å². The van der Waals surface area contributed by atoms with Crippen LogP contribution in [0.1, 0.15) is 63.4 Å². The molecule has 0 spiro atoms. The minimum atomic E-state index is 0.706. The van der Waals surface area contributed by atoms with Gasteiger partial charge in [-0.25, -0.2) is 0 Å². The average molecular weight is 245 g/mol. The summed E-state index contributed by atoms with van der Waals surface area (Å²) < 4.78 is 0. The molecule has 1 aromatic carbocycles. The van der Waals surface area contributed by atoms with Crippen LogP contribution < -0.4 is 5.32 Å². The number of rotatable bonds is 6. The Kier molecular flexibility index (Phi) is 5.73. The molecule has 18 heavy (non-hydrogen) atoms. The van der Waals surface area contributed by atoms with Gasteiger partial charge in [0.2, 0.25) is 0 Å². The van der Waals surface area contributed by atoms with Crippen LogP contribution in [0, 0.1) is 0 Å². The van der Waals surface area contributed by atoms with Crippen LogP contribution in [-0.2, 0) is 0 Å². The molecule has 1 N–H and O–H groups in total. The lowest BCUT2D eigenvalue weighted by Crippen LogP contribution is -2.37. The van der Waals surface area contributed by atoms with Crippen molar-refractivity contribution in [3.8, 4) is 0 Å². The molecular formula is C17H27N. The Labute approximate surface area is 112 Å². The van der Waals surface area contributed by atoms with E-state index < -0.39 is 0 Å². The fraction of sp³-hybridized carbons (Fsp3) is 0.647. The topological polar surface area (TPSA) is 12.0 Å². The molecule has 2 unspecified atom stereocenters. The Morgan fingerprint density at radius 3 is 2.61 bits per heavy atom. The van der Waals surface area contributed by atoms with Gasteiger partial charge in [-0.3, -0.25) is 0 Å². The fourth-order valence-corrected chi connectivity index (χ4v) is 3.14. The number of unbranched alkanes of at least 4 members (excludes halogenated alkanes) is 2. The molecule has 2 atom stereocenters. The summed E-state index contributed by atoms with van der Waals surface area (Å²) in [5, 5.41) is 3.80. The normalized spacial score (nSPS) is 24.1. The van der Waals surface area contributed by atoms with Crippen molar-refractivity contribution in [2.24, 2.45) is 0 Å². The van der Waals surface area contributed by atoms with Crippen LogP contribution in [0.3, 0.4) is 0 Å².